The predicted molar refractivity (Wildman–Crippen MR) is 59.8 cm³/mol. The zero-order valence-electron chi connectivity index (χ0n) is 8.82. The number of aryl methyl sites for hydroxylation is 1. The van der Waals surface area contributed by atoms with Crippen LogP contribution in [0.1, 0.15) is 18.4 Å². The minimum absolute atomic E-state index is 0.119. The van der Waals surface area contributed by atoms with E-state index in [1.54, 1.807) is 7.11 Å². The number of terminal acetylenes is 1. The molecule has 0 aliphatic rings. The van der Waals surface area contributed by atoms with Gasteiger partial charge in [0.05, 0.1) is 13.5 Å². The largest absolute Gasteiger partial charge is 0.497 e. The number of methoxy groups -OCH3 is 1. The lowest BCUT2D eigenvalue weighted by atomic mass is 10.1. The lowest BCUT2D eigenvalue weighted by Gasteiger charge is -2.02. The number of hydrogen-bond acceptors (Lipinski definition) is 2. The van der Waals surface area contributed by atoms with Crippen molar-refractivity contribution < 1.29 is 9.53 Å². The van der Waals surface area contributed by atoms with Crippen molar-refractivity contribution in [2.75, 3.05) is 7.11 Å². The highest BCUT2D eigenvalue weighted by Gasteiger charge is 2.00. The topological polar surface area (TPSA) is 26.3 Å². The van der Waals surface area contributed by atoms with Crippen molar-refractivity contribution in [1.82, 2.24) is 0 Å². The Hall–Kier alpha value is -1.75. The molecular weight excluding hydrogens is 188 g/mol. The molecule has 1 aromatic rings. The van der Waals surface area contributed by atoms with Crippen molar-refractivity contribution in [1.29, 1.82) is 0 Å². The molecule has 15 heavy (non-hydrogen) atoms. The van der Waals surface area contributed by atoms with E-state index in [1.165, 1.54) is 0 Å². The summed E-state index contributed by atoms with van der Waals surface area (Å²) in [7, 11) is 1.63. The van der Waals surface area contributed by atoms with E-state index in [-0.39, 0.29) is 12.2 Å². The van der Waals surface area contributed by atoms with Crippen LogP contribution in [0.2, 0.25) is 0 Å². The van der Waals surface area contributed by atoms with Crippen molar-refractivity contribution in [3.63, 3.8) is 0 Å². The van der Waals surface area contributed by atoms with Gasteiger partial charge in [0.15, 0.2) is 0 Å². The number of carbonyl (C=O) groups excluding carboxylic acids is 1. The fourth-order valence-corrected chi connectivity index (χ4v) is 1.28. The monoisotopic (exact) mass is 202 g/mol. The van der Waals surface area contributed by atoms with Gasteiger partial charge in [0.25, 0.3) is 0 Å². The highest BCUT2D eigenvalue weighted by Crippen LogP contribution is 2.12. The standard InChI is InChI=1S/C13H14O2/c1-3-4-12(14)8-5-11-6-9-13(15-2)10-7-11/h1,6-7,9-10H,4-5,8H2,2H3. The lowest BCUT2D eigenvalue weighted by Crippen LogP contribution is -1.98. The molecule has 0 unspecified atom stereocenters. The molecule has 0 radical (unpaired) electrons. The first-order chi connectivity index (χ1) is 7.26. The van der Waals surface area contributed by atoms with E-state index in [2.05, 4.69) is 5.92 Å². The number of benzene rings is 1. The summed E-state index contributed by atoms with van der Waals surface area (Å²) in [4.78, 5) is 11.2. The van der Waals surface area contributed by atoms with Crippen LogP contribution >= 0.6 is 0 Å². The Bertz CT molecular complexity index is 357. The highest BCUT2D eigenvalue weighted by atomic mass is 16.5. The van der Waals surface area contributed by atoms with Crippen molar-refractivity contribution in [2.45, 2.75) is 19.3 Å². The van der Waals surface area contributed by atoms with Crippen LogP contribution in [0.5, 0.6) is 5.75 Å². The number of carbonyl (C=O) groups is 1. The minimum atomic E-state index is 0.119. The molecule has 2 heteroatoms. The van der Waals surface area contributed by atoms with Gasteiger partial charge in [-0.05, 0) is 24.1 Å². The van der Waals surface area contributed by atoms with Gasteiger partial charge in [-0.2, -0.15) is 0 Å². The molecule has 2 nitrogen and oxygen atoms in total. The zero-order chi connectivity index (χ0) is 11.1. The Balaban J connectivity index is 2.45. The lowest BCUT2D eigenvalue weighted by molar-refractivity contribution is -0.118. The average Bonchev–Trinajstić information content (AvgIpc) is 2.27. The van der Waals surface area contributed by atoms with Gasteiger partial charge in [-0.15, -0.1) is 6.42 Å². The van der Waals surface area contributed by atoms with E-state index in [0.717, 1.165) is 17.7 Å². The van der Waals surface area contributed by atoms with Gasteiger partial charge in [-0.25, -0.2) is 0 Å². The van der Waals surface area contributed by atoms with Crippen molar-refractivity contribution >= 4 is 5.78 Å². The molecule has 0 spiro atoms. The molecule has 0 aliphatic heterocycles. The second kappa shape index (κ2) is 5.87. The summed E-state index contributed by atoms with van der Waals surface area (Å²) in [6, 6.07) is 7.70. The number of Topliss-reactive ketones (excluding diaryl/α,β-unsaturated/α-hetero) is 1. The SMILES string of the molecule is C#CCC(=O)CCc1ccc(OC)cc1. The summed E-state index contributed by atoms with van der Waals surface area (Å²) in [5.41, 5.74) is 1.13. The maximum absolute atomic E-state index is 11.2. The Morgan fingerprint density at radius 1 is 1.40 bits per heavy atom. The van der Waals surface area contributed by atoms with Gasteiger partial charge >= 0.3 is 0 Å². The Labute approximate surface area is 90.3 Å². The second-order valence-corrected chi connectivity index (χ2v) is 3.27. The molecule has 1 rings (SSSR count). The van der Waals surface area contributed by atoms with Crippen molar-refractivity contribution in [3.8, 4) is 18.1 Å². The van der Waals surface area contributed by atoms with E-state index in [4.69, 9.17) is 11.2 Å². The first kappa shape index (κ1) is 11.3. The van der Waals surface area contributed by atoms with E-state index < -0.39 is 0 Å². The van der Waals surface area contributed by atoms with E-state index >= 15 is 0 Å². The molecule has 1 aromatic carbocycles. The van der Waals surface area contributed by atoms with Crippen LogP contribution in [-0.2, 0) is 11.2 Å². The molecular formula is C13H14O2. The van der Waals surface area contributed by atoms with Crippen molar-refractivity contribution in [2.24, 2.45) is 0 Å². The summed E-state index contributed by atoms with van der Waals surface area (Å²) in [6.45, 7) is 0. The zero-order valence-corrected chi connectivity index (χ0v) is 8.82. The van der Waals surface area contributed by atoms with Crippen LogP contribution in [0.25, 0.3) is 0 Å². The number of hydrogen-bond donors (Lipinski definition) is 0. The van der Waals surface area contributed by atoms with Gasteiger partial charge in [-0.1, -0.05) is 18.1 Å². The van der Waals surface area contributed by atoms with Gasteiger partial charge in [-0.3, -0.25) is 4.79 Å². The third kappa shape index (κ3) is 3.86. The molecule has 0 saturated heterocycles. The fraction of sp³-hybridized carbons (Fsp3) is 0.308. The third-order valence-electron chi connectivity index (χ3n) is 2.15. The highest BCUT2D eigenvalue weighted by molar-refractivity contribution is 5.80. The fourth-order valence-electron chi connectivity index (χ4n) is 1.28. The van der Waals surface area contributed by atoms with E-state index in [1.807, 2.05) is 24.3 Å². The number of rotatable bonds is 5. The van der Waals surface area contributed by atoms with E-state index in [9.17, 15) is 4.79 Å². The van der Waals surface area contributed by atoms with E-state index in [0.29, 0.717) is 6.42 Å². The molecule has 0 saturated carbocycles. The average molecular weight is 202 g/mol. The summed E-state index contributed by atoms with van der Waals surface area (Å²) >= 11 is 0. The van der Waals surface area contributed by atoms with Gasteiger partial charge in [0.1, 0.15) is 11.5 Å². The van der Waals surface area contributed by atoms with Crippen molar-refractivity contribution in [3.05, 3.63) is 29.8 Å². The van der Waals surface area contributed by atoms with Crippen LogP contribution in [0.4, 0.5) is 0 Å². The van der Waals surface area contributed by atoms with Crippen LogP contribution in [0.15, 0.2) is 24.3 Å². The predicted octanol–water partition coefficient (Wildman–Crippen LogP) is 2.22. The van der Waals surface area contributed by atoms with Crippen LogP contribution in [-0.4, -0.2) is 12.9 Å². The summed E-state index contributed by atoms with van der Waals surface area (Å²) in [5.74, 6) is 3.30. The molecule has 0 aliphatic carbocycles. The second-order valence-electron chi connectivity index (χ2n) is 3.27. The smallest absolute Gasteiger partial charge is 0.145 e. The Morgan fingerprint density at radius 3 is 2.60 bits per heavy atom. The maximum Gasteiger partial charge on any atom is 0.145 e. The summed E-state index contributed by atoms with van der Waals surface area (Å²) < 4.78 is 5.04. The van der Waals surface area contributed by atoms with Crippen LogP contribution in [0, 0.1) is 12.3 Å². The first-order valence-corrected chi connectivity index (χ1v) is 4.84. The molecule has 0 fully saturated rings. The van der Waals surface area contributed by atoms with Gasteiger partial charge in [0, 0.05) is 6.42 Å². The Morgan fingerprint density at radius 2 is 2.07 bits per heavy atom. The van der Waals surface area contributed by atoms with Gasteiger partial charge in [0.2, 0.25) is 0 Å². The number of ketones is 1. The van der Waals surface area contributed by atoms with Gasteiger partial charge < -0.3 is 4.74 Å². The number of ether oxygens (including phenoxy) is 1. The molecule has 0 aromatic heterocycles. The molecule has 0 heterocycles. The summed E-state index contributed by atoms with van der Waals surface area (Å²) in [5, 5.41) is 0. The molecule has 0 bridgehead atoms. The van der Waals surface area contributed by atoms with Crippen LogP contribution in [0.3, 0.4) is 0 Å². The summed E-state index contributed by atoms with van der Waals surface area (Å²) in [6.07, 6.45) is 6.53. The molecule has 0 amide bonds. The van der Waals surface area contributed by atoms with Crippen LogP contribution < -0.4 is 4.74 Å². The maximum atomic E-state index is 11.2. The molecule has 0 N–H and O–H groups in total. The molecule has 78 valence electrons. The minimum Gasteiger partial charge on any atom is -0.497 e. The Kier molecular flexibility index (Phi) is 4.43. The molecule has 0 atom stereocenters. The quantitative estimate of drug-likeness (QED) is 0.684. The third-order valence-corrected chi connectivity index (χ3v) is 2.15. The normalized spacial score (nSPS) is 9.33. The first-order valence-electron chi connectivity index (χ1n) is 4.84.